The van der Waals surface area contributed by atoms with E-state index >= 15 is 0 Å². The predicted octanol–water partition coefficient (Wildman–Crippen LogP) is 3.87. The zero-order chi connectivity index (χ0) is 19.5. The first-order chi connectivity index (χ1) is 13.6. The summed E-state index contributed by atoms with van der Waals surface area (Å²) in [5, 5.41) is 11.8. The van der Waals surface area contributed by atoms with Gasteiger partial charge >= 0.3 is 0 Å². The molecule has 1 aliphatic rings. The lowest BCUT2D eigenvalue weighted by molar-refractivity contribution is 0.635. The minimum atomic E-state index is 0.680. The Labute approximate surface area is 166 Å². The molecule has 2 aromatic carbocycles. The third-order valence-electron chi connectivity index (χ3n) is 5.34. The summed E-state index contributed by atoms with van der Waals surface area (Å²) in [7, 11) is 0. The van der Waals surface area contributed by atoms with Gasteiger partial charge < -0.3 is 15.1 Å². The molecule has 4 rings (SSSR count). The molecule has 0 atom stereocenters. The van der Waals surface area contributed by atoms with Crippen molar-refractivity contribution in [2.24, 2.45) is 0 Å². The number of piperazine rings is 1. The zero-order valence-corrected chi connectivity index (χ0v) is 16.7. The maximum absolute atomic E-state index is 4.70. The molecule has 144 valence electrons. The molecule has 0 bridgehead atoms. The largest absolute Gasteiger partial charge is 0.368 e. The summed E-state index contributed by atoms with van der Waals surface area (Å²) in [6.45, 7) is 10.00. The third-order valence-corrected chi connectivity index (χ3v) is 5.34. The average Bonchev–Trinajstić information content (AvgIpc) is 2.72. The minimum Gasteiger partial charge on any atom is -0.368 e. The van der Waals surface area contributed by atoms with Crippen molar-refractivity contribution in [1.29, 1.82) is 0 Å². The van der Waals surface area contributed by atoms with E-state index in [-0.39, 0.29) is 0 Å². The number of aromatic nitrogens is 3. The maximum atomic E-state index is 4.70. The predicted molar refractivity (Wildman–Crippen MR) is 115 cm³/mol. The topological polar surface area (TPSA) is 57.2 Å². The van der Waals surface area contributed by atoms with Gasteiger partial charge in [-0.15, -0.1) is 5.10 Å². The summed E-state index contributed by atoms with van der Waals surface area (Å²) >= 11 is 0. The third kappa shape index (κ3) is 3.91. The van der Waals surface area contributed by atoms with Crippen molar-refractivity contribution in [3.8, 4) is 0 Å². The summed E-state index contributed by atoms with van der Waals surface area (Å²) in [6, 6.07) is 14.9. The van der Waals surface area contributed by atoms with E-state index in [1.165, 1.54) is 22.4 Å². The van der Waals surface area contributed by atoms with E-state index in [9.17, 15) is 0 Å². The molecule has 0 unspecified atom stereocenters. The molecule has 0 spiro atoms. The van der Waals surface area contributed by atoms with Crippen molar-refractivity contribution in [3.63, 3.8) is 0 Å². The smallest absolute Gasteiger partial charge is 0.247 e. The highest BCUT2D eigenvalue weighted by molar-refractivity contribution is 5.62. The number of hydrogen-bond acceptors (Lipinski definition) is 6. The maximum Gasteiger partial charge on any atom is 0.247 e. The number of rotatable bonds is 4. The zero-order valence-electron chi connectivity index (χ0n) is 16.7. The molecule has 0 amide bonds. The standard InChI is InChI=1S/C22H26N6/c1-16-6-4-8-19(14-16)27-10-12-28(13-11-27)22-25-21(15-23-26-22)24-20-9-5-7-17(2)18(20)3/h4-9,14-15H,10-13H2,1-3H3,(H,24,25,26). The van der Waals surface area contributed by atoms with Crippen LogP contribution in [0.1, 0.15) is 16.7 Å². The van der Waals surface area contributed by atoms with Crippen molar-refractivity contribution in [2.45, 2.75) is 20.8 Å². The number of aryl methyl sites for hydroxylation is 2. The first-order valence-electron chi connectivity index (χ1n) is 9.70. The minimum absolute atomic E-state index is 0.680. The lowest BCUT2D eigenvalue weighted by Gasteiger charge is -2.36. The first-order valence-corrected chi connectivity index (χ1v) is 9.70. The van der Waals surface area contributed by atoms with Crippen LogP contribution >= 0.6 is 0 Å². The Hall–Kier alpha value is -3.15. The van der Waals surface area contributed by atoms with Gasteiger partial charge in [-0.1, -0.05) is 24.3 Å². The first kappa shape index (κ1) is 18.2. The van der Waals surface area contributed by atoms with Gasteiger partial charge in [0.05, 0.1) is 6.20 Å². The van der Waals surface area contributed by atoms with Crippen LogP contribution in [0.15, 0.2) is 48.7 Å². The van der Waals surface area contributed by atoms with Crippen molar-refractivity contribution in [2.75, 3.05) is 41.3 Å². The second kappa shape index (κ2) is 7.84. The van der Waals surface area contributed by atoms with Gasteiger partial charge in [0.2, 0.25) is 5.95 Å². The van der Waals surface area contributed by atoms with Crippen molar-refractivity contribution in [3.05, 3.63) is 65.4 Å². The Bertz CT molecular complexity index is 963. The van der Waals surface area contributed by atoms with Gasteiger partial charge in [0.25, 0.3) is 0 Å². The fraction of sp³-hybridized carbons (Fsp3) is 0.318. The lowest BCUT2D eigenvalue weighted by Crippen LogP contribution is -2.47. The summed E-state index contributed by atoms with van der Waals surface area (Å²) in [4.78, 5) is 9.31. The van der Waals surface area contributed by atoms with E-state index < -0.39 is 0 Å². The van der Waals surface area contributed by atoms with Crippen LogP contribution in [-0.4, -0.2) is 41.4 Å². The highest BCUT2D eigenvalue weighted by Gasteiger charge is 2.20. The Morgan fingerprint density at radius 2 is 1.64 bits per heavy atom. The lowest BCUT2D eigenvalue weighted by atomic mass is 10.1. The number of nitrogens with one attached hydrogen (secondary N) is 1. The van der Waals surface area contributed by atoms with Crippen LogP contribution in [-0.2, 0) is 0 Å². The van der Waals surface area contributed by atoms with Gasteiger partial charge in [0.15, 0.2) is 5.82 Å². The molecule has 1 saturated heterocycles. The SMILES string of the molecule is Cc1cccc(N2CCN(c3nncc(Nc4cccc(C)c4C)n3)CC2)c1. The fourth-order valence-electron chi connectivity index (χ4n) is 3.50. The second-order valence-corrected chi connectivity index (χ2v) is 7.33. The number of nitrogens with zero attached hydrogens (tertiary/aromatic N) is 5. The summed E-state index contributed by atoms with van der Waals surface area (Å²) in [5.74, 6) is 1.40. The van der Waals surface area contributed by atoms with E-state index in [2.05, 4.69) is 82.5 Å². The van der Waals surface area contributed by atoms with Gasteiger partial charge in [-0.2, -0.15) is 10.1 Å². The Morgan fingerprint density at radius 1 is 0.893 bits per heavy atom. The molecule has 1 N–H and O–H groups in total. The number of anilines is 4. The Kier molecular flexibility index (Phi) is 5.10. The molecule has 0 radical (unpaired) electrons. The van der Waals surface area contributed by atoms with E-state index in [4.69, 9.17) is 4.98 Å². The van der Waals surface area contributed by atoms with Crippen molar-refractivity contribution < 1.29 is 0 Å². The monoisotopic (exact) mass is 374 g/mol. The number of hydrogen-bond donors (Lipinski definition) is 1. The Balaban J connectivity index is 1.44. The van der Waals surface area contributed by atoms with Gasteiger partial charge in [-0.3, -0.25) is 0 Å². The second-order valence-electron chi connectivity index (χ2n) is 7.33. The van der Waals surface area contributed by atoms with Crippen LogP contribution in [0.2, 0.25) is 0 Å². The van der Waals surface area contributed by atoms with Crippen molar-refractivity contribution in [1.82, 2.24) is 15.2 Å². The molecular weight excluding hydrogens is 348 g/mol. The Morgan fingerprint density at radius 3 is 2.43 bits per heavy atom. The van der Waals surface area contributed by atoms with Crippen LogP contribution in [0.4, 0.5) is 23.1 Å². The molecule has 0 saturated carbocycles. The molecule has 0 aliphatic carbocycles. The summed E-state index contributed by atoms with van der Waals surface area (Å²) in [5.41, 5.74) is 6.09. The van der Waals surface area contributed by atoms with Crippen LogP contribution in [0.25, 0.3) is 0 Å². The van der Waals surface area contributed by atoms with Crippen LogP contribution < -0.4 is 15.1 Å². The highest BCUT2D eigenvalue weighted by atomic mass is 15.4. The fourth-order valence-corrected chi connectivity index (χ4v) is 3.50. The van der Waals surface area contributed by atoms with Gasteiger partial charge in [-0.25, -0.2) is 0 Å². The normalized spacial score (nSPS) is 14.2. The van der Waals surface area contributed by atoms with E-state index in [1.807, 2.05) is 6.07 Å². The van der Waals surface area contributed by atoms with Crippen LogP contribution in [0, 0.1) is 20.8 Å². The van der Waals surface area contributed by atoms with E-state index in [1.54, 1.807) is 6.20 Å². The number of benzene rings is 2. The molecule has 1 aromatic heterocycles. The molecule has 6 heteroatoms. The molecule has 3 aromatic rings. The van der Waals surface area contributed by atoms with Gasteiger partial charge in [0.1, 0.15) is 0 Å². The van der Waals surface area contributed by atoms with E-state index in [0.29, 0.717) is 5.95 Å². The molecular formula is C22H26N6. The molecule has 1 aliphatic heterocycles. The van der Waals surface area contributed by atoms with E-state index in [0.717, 1.165) is 37.7 Å². The van der Waals surface area contributed by atoms with Gasteiger partial charge in [0, 0.05) is 37.6 Å². The van der Waals surface area contributed by atoms with Crippen molar-refractivity contribution >= 4 is 23.1 Å². The quantitative estimate of drug-likeness (QED) is 0.748. The van der Waals surface area contributed by atoms with Crippen LogP contribution in [0.3, 0.4) is 0 Å². The average molecular weight is 374 g/mol. The molecule has 1 fully saturated rings. The van der Waals surface area contributed by atoms with Crippen LogP contribution in [0.5, 0.6) is 0 Å². The summed E-state index contributed by atoms with van der Waals surface area (Å²) in [6.07, 6.45) is 1.67. The van der Waals surface area contributed by atoms with Gasteiger partial charge in [-0.05, 0) is 55.7 Å². The highest BCUT2D eigenvalue weighted by Crippen LogP contribution is 2.23. The summed E-state index contributed by atoms with van der Waals surface area (Å²) < 4.78 is 0. The molecule has 28 heavy (non-hydrogen) atoms. The molecule has 6 nitrogen and oxygen atoms in total. The molecule has 2 heterocycles.